The number of methoxy groups -OCH3 is 1. The predicted molar refractivity (Wildman–Crippen MR) is 80.9 cm³/mol. The number of aromatic amines is 1. The van der Waals surface area contributed by atoms with E-state index in [0.717, 1.165) is 41.8 Å². The third kappa shape index (κ3) is 2.61. The van der Waals surface area contributed by atoms with Crippen LogP contribution in [0.25, 0.3) is 10.9 Å². The summed E-state index contributed by atoms with van der Waals surface area (Å²) in [6, 6.07) is 5.71. The average molecular weight is 288 g/mol. The maximum absolute atomic E-state index is 12.5. The number of ether oxygens (including phenoxy) is 2. The highest BCUT2D eigenvalue weighted by molar-refractivity contribution is 6.09. The van der Waals surface area contributed by atoms with E-state index in [1.807, 2.05) is 25.1 Å². The van der Waals surface area contributed by atoms with Crippen LogP contribution in [0.1, 0.15) is 28.9 Å². The maximum atomic E-state index is 12.5. The van der Waals surface area contributed by atoms with Gasteiger partial charge in [-0.3, -0.25) is 4.79 Å². The number of rotatable bonds is 4. The van der Waals surface area contributed by atoms with Crippen molar-refractivity contribution in [1.82, 2.24) is 10.3 Å². The van der Waals surface area contributed by atoms with E-state index >= 15 is 0 Å². The van der Waals surface area contributed by atoms with Crippen molar-refractivity contribution in [3.05, 3.63) is 29.5 Å². The Hall–Kier alpha value is -2.01. The Labute approximate surface area is 123 Å². The molecule has 21 heavy (non-hydrogen) atoms. The second kappa shape index (κ2) is 5.77. The van der Waals surface area contributed by atoms with Crippen molar-refractivity contribution in [3.8, 4) is 5.75 Å². The van der Waals surface area contributed by atoms with Crippen molar-refractivity contribution in [2.45, 2.75) is 25.9 Å². The largest absolute Gasteiger partial charge is 0.495 e. The van der Waals surface area contributed by atoms with Crippen LogP contribution in [0.2, 0.25) is 0 Å². The van der Waals surface area contributed by atoms with Gasteiger partial charge in [0.1, 0.15) is 5.75 Å². The lowest BCUT2D eigenvalue weighted by Gasteiger charge is -2.11. The van der Waals surface area contributed by atoms with E-state index in [4.69, 9.17) is 9.47 Å². The van der Waals surface area contributed by atoms with E-state index in [9.17, 15) is 4.79 Å². The topological polar surface area (TPSA) is 63.4 Å². The Bertz CT molecular complexity index is 657. The molecule has 0 aliphatic carbocycles. The minimum Gasteiger partial charge on any atom is -0.495 e. The van der Waals surface area contributed by atoms with Crippen LogP contribution in [-0.4, -0.2) is 37.3 Å². The van der Waals surface area contributed by atoms with Gasteiger partial charge in [0.05, 0.1) is 24.3 Å². The van der Waals surface area contributed by atoms with Crippen LogP contribution in [0.4, 0.5) is 0 Å². The molecule has 2 heterocycles. The van der Waals surface area contributed by atoms with Crippen LogP contribution in [0, 0.1) is 6.92 Å². The molecule has 1 unspecified atom stereocenters. The van der Waals surface area contributed by atoms with Crippen LogP contribution in [-0.2, 0) is 4.74 Å². The zero-order valence-corrected chi connectivity index (χ0v) is 12.4. The summed E-state index contributed by atoms with van der Waals surface area (Å²) >= 11 is 0. The molecule has 1 aromatic heterocycles. The molecule has 5 heteroatoms. The predicted octanol–water partition coefficient (Wildman–Crippen LogP) is 2.39. The Morgan fingerprint density at radius 3 is 3.10 bits per heavy atom. The number of hydrogen-bond donors (Lipinski definition) is 2. The van der Waals surface area contributed by atoms with E-state index in [1.165, 1.54) is 0 Å². The molecule has 1 atom stereocenters. The van der Waals surface area contributed by atoms with Crippen molar-refractivity contribution < 1.29 is 14.3 Å². The normalized spacial score (nSPS) is 18.1. The molecule has 2 aromatic rings. The van der Waals surface area contributed by atoms with Crippen molar-refractivity contribution in [1.29, 1.82) is 0 Å². The number of aryl methyl sites for hydroxylation is 1. The number of aromatic nitrogens is 1. The van der Waals surface area contributed by atoms with Gasteiger partial charge >= 0.3 is 0 Å². The third-order valence-corrected chi connectivity index (χ3v) is 3.94. The highest BCUT2D eigenvalue weighted by atomic mass is 16.5. The summed E-state index contributed by atoms with van der Waals surface area (Å²) in [4.78, 5) is 15.7. The quantitative estimate of drug-likeness (QED) is 0.908. The second-order valence-electron chi connectivity index (χ2n) is 5.35. The smallest absolute Gasteiger partial charge is 0.253 e. The van der Waals surface area contributed by atoms with Crippen molar-refractivity contribution in [2.75, 3.05) is 20.3 Å². The van der Waals surface area contributed by atoms with Crippen LogP contribution in [0.5, 0.6) is 5.75 Å². The zero-order valence-electron chi connectivity index (χ0n) is 12.4. The van der Waals surface area contributed by atoms with Gasteiger partial charge in [-0.2, -0.15) is 0 Å². The molecule has 0 saturated carbocycles. The van der Waals surface area contributed by atoms with Gasteiger partial charge in [-0.25, -0.2) is 0 Å². The summed E-state index contributed by atoms with van der Waals surface area (Å²) in [7, 11) is 1.63. The molecule has 3 rings (SSSR count). The Balaban J connectivity index is 1.85. The Morgan fingerprint density at radius 2 is 2.38 bits per heavy atom. The van der Waals surface area contributed by atoms with E-state index in [-0.39, 0.29) is 12.0 Å². The molecular weight excluding hydrogens is 268 g/mol. The summed E-state index contributed by atoms with van der Waals surface area (Å²) in [5.74, 6) is 0.677. The summed E-state index contributed by atoms with van der Waals surface area (Å²) in [5, 5.41) is 3.86. The number of nitrogens with one attached hydrogen (secondary N) is 2. The monoisotopic (exact) mass is 288 g/mol. The number of benzene rings is 1. The molecule has 1 aliphatic rings. The van der Waals surface area contributed by atoms with Crippen LogP contribution in [0.3, 0.4) is 0 Å². The number of carbonyl (C=O) groups is 1. The van der Waals surface area contributed by atoms with E-state index in [2.05, 4.69) is 10.3 Å². The summed E-state index contributed by atoms with van der Waals surface area (Å²) in [6.07, 6.45) is 2.24. The van der Waals surface area contributed by atoms with Crippen molar-refractivity contribution in [2.24, 2.45) is 0 Å². The molecule has 0 bridgehead atoms. The lowest BCUT2D eigenvalue weighted by atomic mass is 10.1. The molecule has 1 aliphatic heterocycles. The Morgan fingerprint density at radius 1 is 1.52 bits per heavy atom. The first-order chi connectivity index (χ1) is 10.2. The fourth-order valence-electron chi connectivity index (χ4n) is 2.88. The minimum atomic E-state index is -0.0671. The number of amides is 1. The summed E-state index contributed by atoms with van der Waals surface area (Å²) in [6.45, 7) is 3.26. The van der Waals surface area contributed by atoms with Gasteiger partial charge in [-0.15, -0.1) is 0 Å². The second-order valence-corrected chi connectivity index (χ2v) is 5.35. The van der Waals surface area contributed by atoms with Gasteiger partial charge in [-0.05, 0) is 25.8 Å². The first-order valence-electron chi connectivity index (χ1n) is 7.25. The van der Waals surface area contributed by atoms with E-state index < -0.39 is 0 Å². The highest BCUT2D eigenvalue weighted by Gasteiger charge is 2.20. The first kappa shape index (κ1) is 13.9. The Kier molecular flexibility index (Phi) is 3.84. The number of carbonyl (C=O) groups excluding carboxylic acids is 1. The molecule has 1 saturated heterocycles. The molecule has 112 valence electrons. The number of para-hydroxylation sites is 1. The SMILES string of the molecule is COc1cccc2c(C(=O)NCC3CCCO3)c(C)[nH]c12. The summed E-state index contributed by atoms with van der Waals surface area (Å²) < 4.78 is 10.9. The molecule has 0 spiro atoms. The van der Waals surface area contributed by atoms with Gasteiger partial charge in [0.25, 0.3) is 5.91 Å². The van der Waals surface area contributed by atoms with Crippen LogP contribution in [0.15, 0.2) is 18.2 Å². The van der Waals surface area contributed by atoms with Gasteiger partial charge in [-0.1, -0.05) is 12.1 Å². The van der Waals surface area contributed by atoms with Crippen molar-refractivity contribution in [3.63, 3.8) is 0 Å². The van der Waals surface area contributed by atoms with Gasteiger partial charge in [0, 0.05) is 24.2 Å². The lowest BCUT2D eigenvalue weighted by Crippen LogP contribution is -2.32. The van der Waals surface area contributed by atoms with E-state index in [1.54, 1.807) is 7.11 Å². The average Bonchev–Trinajstić information content (AvgIpc) is 3.10. The molecule has 5 nitrogen and oxygen atoms in total. The number of H-pyrrole nitrogens is 1. The van der Waals surface area contributed by atoms with Gasteiger partial charge in [0.2, 0.25) is 0 Å². The molecule has 2 N–H and O–H groups in total. The maximum Gasteiger partial charge on any atom is 0.253 e. The van der Waals surface area contributed by atoms with Crippen LogP contribution < -0.4 is 10.1 Å². The van der Waals surface area contributed by atoms with E-state index in [0.29, 0.717) is 12.1 Å². The number of fused-ring (bicyclic) bond motifs is 1. The third-order valence-electron chi connectivity index (χ3n) is 3.94. The molecular formula is C16H20N2O3. The fourth-order valence-corrected chi connectivity index (χ4v) is 2.88. The number of hydrogen-bond acceptors (Lipinski definition) is 3. The van der Waals surface area contributed by atoms with Crippen molar-refractivity contribution >= 4 is 16.8 Å². The summed E-state index contributed by atoms with van der Waals surface area (Å²) in [5.41, 5.74) is 2.39. The highest BCUT2D eigenvalue weighted by Crippen LogP contribution is 2.29. The standard InChI is InChI=1S/C16H20N2O3/c1-10-14(16(19)17-9-11-5-4-8-21-11)12-6-3-7-13(20-2)15(12)18-10/h3,6-7,11,18H,4-5,8-9H2,1-2H3,(H,17,19). The first-order valence-corrected chi connectivity index (χ1v) is 7.25. The van der Waals surface area contributed by atoms with Gasteiger partial charge in [0.15, 0.2) is 0 Å². The van der Waals surface area contributed by atoms with Crippen LogP contribution >= 0.6 is 0 Å². The lowest BCUT2D eigenvalue weighted by molar-refractivity contribution is 0.0858. The molecule has 1 amide bonds. The zero-order chi connectivity index (χ0) is 14.8. The minimum absolute atomic E-state index is 0.0671. The molecule has 1 aromatic carbocycles. The molecule has 0 radical (unpaired) electrons. The fraction of sp³-hybridized carbons (Fsp3) is 0.438. The van der Waals surface area contributed by atoms with Gasteiger partial charge < -0.3 is 19.8 Å². The molecule has 1 fully saturated rings.